The summed E-state index contributed by atoms with van der Waals surface area (Å²) < 4.78 is 12.8. The summed E-state index contributed by atoms with van der Waals surface area (Å²) in [6.45, 7) is 0. The monoisotopic (exact) mass is 332 g/mol. The largest absolute Gasteiger partial charge is 0.497 e. The van der Waals surface area contributed by atoms with E-state index >= 15 is 0 Å². The summed E-state index contributed by atoms with van der Waals surface area (Å²) in [5.74, 6) is 2.46. The number of thioether (sulfide) groups is 1. The van der Waals surface area contributed by atoms with Crippen molar-refractivity contribution in [3.8, 4) is 11.5 Å². The number of thiazole rings is 1. The average molecular weight is 332 g/mol. The molecular weight excluding hydrogens is 316 g/mol. The van der Waals surface area contributed by atoms with Crippen molar-refractivity contribution in [3.63, 3.8) is 0 Å². The lowest BCUT2D eigenvalue weighted by Crippen LogP contribution is -1.92. The molecule has 1 heterocycles. The minimum atomic E-state index is 0.766. The number of benzene rings is 2. The predicted octanol–water partition coefficient (Wildman–Crippen LogP) is 4.19. The van der Waals surface area contributed by atoms with Gasteiger partial charge in [-0.25, -0.2) is 4.98 Å². The molecule has 0 aliphatic heterocycles. The Labute approximate surface area is 137 Å². The van der Waals surface area contributed by atoms with E-state index in [1.54, 1.807) is 37.3 Å². The summed E-state index contributed by atoms with van der Waals surface area (Å²) in [6.07, 6.45) is 0. The number of ether oxygens (including phenoxy) is 2. The minimum absolute atomic E-state index is 0.766. The van der Waals surface area contributed by atoms with Crippen LogP contribution in [0.5, 0.6) is 11.5 Å². The van der Waals surface area contributed by atoms with E-state index in [-0.39, 0.29) is 0 Å². The van der Waals surface area contributed by atoms with Crippen molar-refractivity contribution in [2.45, 2.75) is 10.1 Å². The summed E-state index contributed by atoms with van der Waals surface area (Å²) in [5.41, 5.74) is 8.65. The maximum absolute atomic E-state index is 5.81. The SMILES string of the molecule is COc1ccc(OC)c(CSc2nc3ccc(N)cc3s2)c1. The molecule has 0 aliphatic carbocycles. The molecular formula is C16H16N2O2S2. The van der Waals surface area contributed by atoms with Crippen molar-refractivity contribution in [2.75, 3.05) is 20.0 Å². The summed E-state index contributed by atoms with van der Waals surface area (Å²) >= 11 is 3.34. The van der Waals surface area contributed by atoms with Gasteiger partial charge in [0, 0.05) is 17.0 Å². The van der Waals surface area contributed by atoms with Gasteiger partial charge in [-0.1, -0.05) is 11.8 Å². The number of nitrogen functional groups attached to an aromatic ring is 1. The zero-order valence-electron chi connectivity index (χ0n) is 12.3. The van der Waals surface area contributed by atoms with Crippen LogP contribution in [0.25, 0.3) is 10.2 Å². The molecule has 1 aromatic heterocycles. The number of anilines is 1. The number of aromatic nitrogens is 1. The second kappa shape index (κ2) is 6.46. The molecule has 0 aliphatic rings. The van der Waals surface area contributed by atoms with Gasteiger partial charge in [0.1, 0.15) is 11.5 Å². The van der Waals surface area contributed by atoms with Crippen molar-refractivity contribution in [1.82, 2.24) is 4.98 Å². The highest BCUT2D eigenvalue weighted by Crippen LogP contribution is 2.35. The fraction of sp³-hybridized carbons (Fsp3) is 0.188. The molecule has 114 valence electrons. The van der Waals surface area contributed by atoms with E-state index in [1.807, 2.05) is 36.4 Å². The van der Waals surface area contributed by atoms with Crippen molar-refractivity contribution in [3.05, 3.63) is 42.0 Å². The summed E-state index contributed by atoms with van der Waals surface area (Å²) in [4.78, 5) is 4.62. The van der Waals surface area contributed by atoms with Gasteiger partial charge in [-0.3, -0.25) is 0 Å². The highest BCUT2D eigenvalue weighted by molar-refractivity contribution is 8.00. The molecule has 0 atom stereocenters. The summed E-state index contributed by atoms with van der Waals surface area (Å²) in [7, 11) is 3.34. The van der Waals surface area contributed by atoms with E-state index < -0.39 is 0 Å². The Kier molecular flexibility index (Phi) is 4.40. The summed E-state index contributed by atoms with van der Waals surface area (Å²) in [6, 6.07) is 11.6. The Bertz CT molecular complexity index is 802. The number of fused-ring (bicyclic) bond motifs is 1. The zero-order valence-corrected chi connectivity index (χ0v) is 14.0. The fourth-order valence-corrected chi connectivity index (χ4v) is 4.21. The predicted molar refractivity (Wildman–Crippen MR) is 93.1 cm³/mol. The van der Waals surface area contributed by atoms with Gasteiger partial charge in [0.25, 0.3) is 0 Å². The van der Waals surface area contributed by atoms with Crippen LogP contribution in [0.3, 0.4) is 0 Å². The maximum atomic E-state index is 5.81. The van der Waals surface area contributed by atoms with E-state index in [1.165, 1.54) is 0 Å². The first-order valence-electron chi connectivity index (χ1n) is 6.69. The third-order valence-electron chi connectivity index (χ3n) is 3.23. The minimum Gasteiger partial charge on any atom is -0.497 e. The molecule has 0 amide bonds. The van der Waals surface area contributed by atoms with Crippen molar-refractivity contribution in [2.24, 2.45) is 0 Å². The zero-order chi connectivity index (χ0) is 15.5. The highest BCUT2D eigenvalue weighted by Gasteiger charge is 2.09. The van der Waals surface area contributed by atoms with Gasteiger partial charge in [0.15, 0.2) is 4.34 Å². The molecule has 2 N–H and O–H groups in total. The van der Waals surface area contributed by atoms with E-state index in [0.717, 1.165) is 43.1 Å². The molecule has 0 bridgehead atoms. The summed E-state index contributed by atoms with van der Waals surface area (Å²) in [5, 5.41) is 0. The van der Waals surface area contributed by atoms with E-state index in [9.17, 15) is 0 Å². The lowest BCUT2D eigenvalue weighted by molar-refractivity contribution is 0.400. The van der Waals surface area contributed by atoms with Gasteiger partial charge in [-0.15, -0.1) is 11.3 Å². The van der Waals surface area contributed by atoms with Crippen LogP contribution in [0.4, 0.5) is 5.69 Å². The van der Waals surface area contributed by atoms with Crippen molar-refractivity contribution < 1.29 is 9.47 Å². The first-order chi connectivity index (χ1) is 10.7. The second-order valence-corrected chi connectivity index (χ2v) is 6.93. The molecule has 3 rings (SSSR count). The lowest BCUT2D eigenvalue weighted by Gasteiger charge is -2.09. The molecule has 3 aromatic rings. The number of nitrogens with zero attached hydrogens (tertiary/aromatic N) is 1. The lowest BCUT2D eigenvalue weighted by atomic mass is 10.2. The van der Waals surface area contributed by atoms with Gasteiger partial charge in [0.05, 0.1) is 24.4 Å². The first-order valence-corrected chi connectivity index (χ1v) is 8.49. The van der Waals surface area contributed by atoms with Gasteiger partial charge in [0.2, 0.25) is 0 Å². The molecule has 2 aromatic carbocycles. The van der Waals surface area contributed by atoms with E-state index in [4.69, 9.17) is 15.2 Å². The molecule has 0 saturated heterocycles. The topological polar surface area (TPSA) is 57.4 Å². The molecule has 0 saturated carbocycles. The third-order valence-corrected chi connectivity index (χ3v) is 5.44. The number of rotatable bonds is 5. The van der Waals surface area contributed by atoms with Crippen LogP contribution in [0.1, 0.15) is 5.56 Å². The third kappa shape index (κ3) is 3.13. The molecule has 0 radical (unpaired) electrons. The maximum Gasteiger partial charge on any atom is 0.151 e. The van der Waals surface area contributed by atoms with Crippen LogP contribution < -0.4 is 15.2 Å². The standard InChI is InChI=1S/C16H16N2O2S2/c1-19-12-4-6-14(20-2)10(7-12)9-21-16-18-13-5-3-11(17)8-15(13)22-16/h3-8H,9,17H2,1-2H3. The molecule has 0 spiro atoms. The van der Waals surface area contributed by atoms with Crippen LogP contribution in [-0.4, -0.2) is 19.2 Å². The van der Waals surface area contributed by atoms with Gasteiger partial charge in [-0.2, -0.15) is 0 Å². The molecule has 6 heteroatoms. The van der Waals surface area contributed by atoms with Gasteiger partial charge < -0.3 is 15.2 Å². The number of hydrogen-bond donors (Lipinski definition) is 1. The Morgan fingerprint density at radius 3 is 2.77 bits per heavy atom. The highest BCUT2D eigenvalue weighted by atomic mass is 32.2. The number of hydrogen-bond acceptors (Lipinski definition) is 6. The van der Waals surface area contributed by atoms with E-state index in [0.29, 0.717) is 0 Å². The smallest absolute Gasteiger partial charge is 0.151 e. The normalized spacial score (nSPS) is 10.8. The Morgan fingerprint density at radius 2 is 2.00 bits per heavy atom. The van der Waals surface area contributed by atoms with Gasteiger partial charge >= 0.3 is 0 Å². The van der Waals surface area contributed by atoms with Crippen molar-refractivity contribution >= 4 is 39.0 Å². The Hall–Kier alpha value is -1.92. The fourth-order valence-electron chi connectivity index (χ4n) is 2.12. The first kappa shape index (κ1) is 15.0. The molecule has 4 nitrogen and oxygen atoms in total. The second-order valence-electron chi connectivity index (χ2n) is 4.67. The Balaban J connectivity index is 1.81. The van der Waals surface area contributed by atoms with Crippen LogP contribution in [0.15, 0.2) is 40.7 Å². The average Bonchev–Trinajstić information content (AvgIpc) is 2.94. The molecule has 22 heavy (non-hydrogen) atoms. The number of methoxy groups -OCH3 is 2. The van der Waals surface area contributed by atoms with Crippen LogP contribution >= 0.6 is 23.1 Å². The Morgan fingerprint density at radius 1 is 1.14 bits per heavy atom. The molecule has 0 fully saturated rings. The number of nitrogens with two attached hydrogens (primary N) is 1. The van der Waals surface area contributed by atoms with Crippen molar-refractivity contribution in [1.29, 1.82) is 0 Å². The van der Waals surface area contributed by atoms with E-state index in [2.05, 4.69) is 4.98 Å². The van der Waals surface area contributed by atoms with Crippen LogP contribution in [0, 0.1) is 0 Å². The quantitative estimate of drug-likeness (QED) is 0.561. The van der Waals surface area contributed by atoms with Gasteiger partial charge in [-0.05, 0) is 36.4 Å². The van der Waals surface area contributed by atoms with Crippen LogP contribution in [-0.2, 0) is 5.75 Å². The molecule has 0 unspecified atom stereocenters. The van der Waals surface area contributed by atoms with Crippen LogP contribution in [0.2, 0.25) is 0 Å².